The molecule has 2 atom stereocenters. The molecule has 3 rings (SSSR count). The van der Waals surface area contributed by atoms with Crippen LogP contribution in [0.1, 0.15) is 45.6 Å². The molecular weight excluding hydrogens is 182 g/mol. The molecule has 1 aromatic heterocycles. The number of hydrogen-bond acceptors (Lipinski definition) is 3. The van der Waals surface area contributed by atoms with E-state index in [1.807, 2.05) is 0 Å². The Balaban J connectivity index is 2.08. The molecule has 3 heteroatoms. The molecule has 1 fully saturated rings. The normalized spacial score (nSPS) is 30.2. The van der Waals surface area contributed by atoms with Crippen LogP contribution in [0.4, 0.5) is 0 Å². The van der Waals surface area contributed by atoms with Crippen LogP contribution < -0.4 is 0 Å². The van der Waals surface area contributed by atoms with Crippen molar-refractivity contribution in [3.63, 3.8) is 0 Å². The summed E-state index contributed by atoms with van der Waals surface area (Å²) in [6.45, 7) is 0. The predicted molar refractivity (Wildman–Crippen MR) is 51.3 cm³/mol. The van der Waals surface area contributed by atoms with Crippen molar-refractivity contribution in [3.05, 3.63) is 15.6 Å². The van der Waals surface area contributed by atoms with E-state index in [-0.39, 0.29) is 0 Å². The lowest BCUT2D eigenvalue weighted by Crippen LogP contribution is -2.08. The molecule has 0 saturated heterocycles. The number of nitrogens with zero attached hydrogens (tertiary/aromatic N) is 1. The lowest BCUT2D eigenvalue weighted by atomic mass is 9.92. The van der Waals surface area contributed by atoms with E-state index in [0.717, 1.165) is 24.5 Å². The predicted octanol–water partition coefficient (Wildman–Crippen LogP) is 2.40. The summed E-state index contributed by atoms with van der Waals surface area (Å²) >= 11 is 1.62. The van der Waals surface area contributed by atoms with Crippen molar-refractivity contribution >= 4 is 17.6 Å². The van der Waals surface area contributed by atoms with E-state index in [1.165, 1.54) is 29.8 Å². The van der Waals surface area contributed by atoms with Gasteiger partial charge < -0.3 is 0 Å². The van der Waals surface area contributed by atoms with Gasteiger partial charge >= 0.3 is 0 Å². The molecule has 13 heavy (non-hydrogen) atoms. The summed E-state index contributed by atoms with van der Waals surface area (Å²) in [5.74, 6) is 1.60. The number of aldehydes is 1. The first-order chi connectivity index (χ1) is 6.36. The van der Waals surface area contributed by atoms with Crippen molar-refractivity contribution in [1.82, 2.24) is 4.98 Å². The Morgan fingerprint density at radius 3 is 3.23 bits per heavy atom. The van der Waals surface area contributed by atoms with E-state index >= 15 is 0 Å². The van der Waals surface area contributed by atoms with Crippen molar-refractivity contribution in [2.24, 2.45) is 5.92 Å². The van der Waals surface area contributed by atoms with Crippen LogP contribution >= 0.6 is 11.3 Å². The third-order valence-corrected chi connectivity index (χ3v) is 4.42. The van der Waals surface area contributed by atoms with Gasteiger partial charge in [-0.3, -0.25) is 4.79 Å². The van der Waals surface area contributed by atoms with Crippen LogP contribution in [-0.2, 0) is 6.42 Å². The van der Waals surface area contributed by atoms with E-state index in [2.05, 4.69) is 4.98 Å². The zero-order valence-corrected chi connectivity index (χ0v) is 8.14. The van der Waals surface area contributed by atoms with Crippen molar-refractivity contribution in [1.29, 1.82) is 0 Å². The molecule has 68 valence electrons. The van der Waals surface area contributed by atoms with Gasteiger partial charge in [-0.2, -0.15) is 0 Å². The highest BCUT2D eigenvalue weighted by Crippen LogP contribution is 2.47. The molecule has 2 aliphatic carbocycles. The van der Waals surface area contributed by atoms with Gasteiger partial charge in [0.2, 0.25) is 0 Å². The Bertz CT molecular complexity index is 358. The van der Waals surface area contributed by atoms with Crippen LogP contribution in [0.3, 0.4) is 0 Å². The molecule has 1 aromatic rings. The largest absolute Gasteiger partial charge is 0.295 e. The monoisotopic (exact) mass is 193 g/mol. The number of hydrogen-bond donors (Lipinski definition) is 0. The van der Waals surface area contributed by atoms with Crippen LogP contribution in [0.25, 0.3) is 0 Å². The van der Waals surface area contributed by atoms with Crippen LogP contribution in [0.5, 0.6) is 0 Å². The second-order valence-corrected chi connectivity index (χ2v) is 5.12. The van der Waals surface area contributed by atoms with Gasteiger partial charge in [0.25, 0.3) is 0 Å². The van der Waals surface area contributed by atoms with E-state index < -0.39 is 0 Å². The average molecular weight is 193 g/mol. The number of carbonyl (C=O) groups excluding carboxylic acids is 1. The molecule has 0 N–H and O–H groups in total. The highest BCUT2D eigenvalue weighted by atomic mass is 32.1. The smallest absolute Gasteiger partial charge is 0.178 e. The standard InChI is InChI=1S/C10H11NOS/c12-5-9-11-8-4-6-1-2-7(3-6)10(8)13-9/h5-7H,1-4H2. The minimum atomic E-state index is 0.678. The van der Waals surface area contributed by atoms with Gasteiger partial charge in [-0.1, -0.05) is 0 Å². The Hall–Kier alpha value is -0.700. The fourth-order valence-corrected chi connectivity index (χ4v) is 3.73. The summed E-state index contributed by atoms with van der Waals surface area (Å²) in [7, 11) is 0. The van der Waals surface area contributed by atoms with Crippen molar-refractivity contribution in [3.8, 4) is 0 Å². The quantitative estimate of drug-likeness (QED) is 0.641. The molecule has 0 spiro atoms. The zero-order valence-electron chi connectivity index (χ0n) is 7.32. The summed E-state index contributed by atoms with van der Waals surface area (Å²) in [5, 5.41) is 0.678. The maximum atomic E-state index is 10.6. The van der Waals surface area contributed by atoms with Gasteiger partial charge in [0, 0.05) is 4.88 Å². The van der Waals surface area contributed by atoms with Gasteiger partial charge in [0.05, 0.1) is 5.69 Å². The van der Waals surface area contributed by atoms with Crippen molar-refractivity contribution < 1.29 is 4.79 Å². The summed E-state index contributed by atoms with van der Waals surface area (Å²) in [6.07, 6.45) is 6.03. The Kier molecular flexibility index (Phi) is 1.56. The molecule has 0 amide bonds. The molecule has 2 aliphatic rings. The second kappa shape index (κ2) is 2.64. The molecule has 1 heterocycles. The molecule has 0 aliphatic heterocycles. The first-order valence-corrected chi connectivity index (χ1v) is 5.63. The van der Waals surface area contributed by atoms with Gasteiger partial charge in [-0.15, -0.1) is 11.3 Å². The summed E-state index contributed by atoms with van der Waals surface area (Å²) in [4.78, 5) is 16.4. The lowest BCUT2D eigenvalue weighted by molar-refractivity contribution is 0.112. The molecule has 0 radical (unpaired) electrons. The van der Waals surface area contributed by atoms with E-state index in [9.17, 15) is 4.79 Å². The van der Waals surface area contributed by atoms with Crippen molar-refractivity contribution in [2.75, 3.05) is 0 Å². The van der Waals surface area contributed by atoms with E-state index in [1.54, 1.807) is 11.3 Å². The SMILES string of the molecule is O=Cc1nc2c(s1)C1CCC(C2)C1. The summed E-state index contributed by atoms with van der Waals surface area (Å²) in [6, 6.07) is 0. The zero-order chi connectivity index (χ0) is 8.84. The minimum absolute atomic E-state index is 0.678. The van der Waals surface area contributed by atoms with Gasteiger partial charge in [0.15, 0.2) is 11.3 Å². The third kappa shape index (κ3) is 1.06. The Labute approximate surface area is 81.0 Å². The maximum Gasteiger partial charge on any atom is 0.178 e. The lowest BCUT2D eigenvalue weighted by Gasteiger charge is -2.16. The third-order valence-electron chi connectivity index (χ3n) is 3.24. The van der Waals surface area contributed by atoms with Crippen LogP contribution in [-0.4, -0.2) is 11.3 Å². The topological polar surface area (TPSA) is 30.0 Å². The fourth-order valence-electron chi connectivity index (χ4n) is 2.67. The molecule has 0 aromatic carbocycles. The summed E-state index contributed by atoms with van der Waals surface area (Å²) in [5.41, 5.74) is 1.23. The second-order valence-electron chi connectivity index (χ2n) is 4.06. The fraction of sp³-hybridized carbons (Fsp3) is 0.600. The van der Waals surface area contributed by atoms with E-state index in [4.69, 9.17) is 0 Å². The Morgan fingerprint density at radius 2 is 2.38 bits per heavy atom. The number of fused-ring (bicyclic) bond motifs is 4. The first-order valence-electron chi connectivity index (χ1n) is 4.81. The number of carbonyl (C=O) groups is 1. The Morgan fingerprint density at radius 1 is 1.46 bits per heavy atom. The summed E-state index contributed by atoms with van der Waals surface area (Å²) < 4.78 is 0. The molecule has 1 saturated carbocycles. The van der Waals surface area contributed by atoms with Crippen LogP contribution in [0.2, 0.25) is 0 Å². The van der Waals surface area contributed by atoms with Gasteiger partial charge in [-0.05, 0) is 37.5 Å². The van der Waals surface area contributed by atoms with Crippen LogP contribution in [0.15, 0.2) is 0 Å². The molecular formula is C10H11NOS. The van der Waals surface area contributed by atoms with Gasteiger partial charge in [-0.25, -0.2) is 4.98 Å². The van der Waals surface area contributed by atoms with Crippen LogP contribution in [0, 0.1) is 5.92 Å². The number of rotatable bonds is 1. The highest BCUT2D eigenvalue weighted by Gasteiger charge is 2.35. The highest BCUT2D eigenvalue weighted by molar-refractivity contribution is 7.13. The van der Waals surface area contributed by atoms with Crippen molar-refractivity contribution in [2.45, 2.75) is 31.6 Å². The van der Waals surface area contributed by atoms with E-state index in [0.29, 0.717) is 5.01 Å². The molecule has 2 nitrogen and oxygen atoms in total. The number of aromatic nitrogens is 1. The average Bonchev–Trinajstić information content (AvgIpc) is 2.71. The van der Waals surface area contributed by atoms with Gasteiger partial charge in [0.1, 0.15) is 0 Å². The molecule has 2 unspecified atom stereocenters. The molecule has 2 bridgehead atoms. The minimum Gasteiger partial charge on any atom is -0.295 e. The maximum absolute atomic E-state index is 10.6. The number of thiazole rings is 1. The first kappa shape index (κ1) is 7.68.